The van der Waals surface area contributed by atoms with Gasteiger partial charge in [-0.1, -0.05) is 43.0 Å². The molecule has 0 bridgehead atoms. The van der Waals surface area contributed by atoms with Gasteiger partial charge in [0.2, 0.25) is 5.91 Å². The molecule has 1 spiro atoms. The average molecular weight is 442 g/mol. The maximum atomic E-state index is 14.8. The molecule has 0 radical (unpaired) electrons. The van der Waals surface area contributed by atoms with Crippen LogP contribution in [0.3, 0.4) is 0 Å². The smallest absolute Gasteiger partial charge is 0.322 e. The molecule has 1 aliphatic heterocycles. The molecular formula is C20H22Cl2FN3O3. The summed E-state index contributed by atoms with van der Waals surface area (Å²) < 4.78 is 14.8. The Morgan fingerprint density at radius 1 is 1.24 bits per heavy atom. The van der Waals surface area contributed by atoms with Crippen molar-refractivity contribution in [2.75, 3.05) is 0 Å². The van der Waals surface area contributed by atoms with Crippen molar-refractivity contribution in [1.29, 1.82) is 0 Å². The fraction of sp³-hybridized carbons (Fsp3) is 0.550. The summed E-state index contributed by atoms with van der Waals surface area (Å²) in [5.41, 5.74) is -1.16. The van der Waals surface area contributed by atoms with E-state index in [2.05, 4.69) is 16.0 Å². The van der Waals surface area contributed by atoms with Crippen LogP contribution in [0.5, 0.6) is 0 Å². The number of imide groups is 1. The Balaban J connectivity index is 1.58. The molecule has 1 saturated heterocycles. The summed E-state index contributed by atoms with van der Waals surface area (Å²) in [7, 11) is 0. The zero-order valence-corrected chi connectivity index (χ0v) is 17.4. The Hall–Kier alpha value is -1.86. The van der Waals surface area contributed by atoms with Crippen LogP contribution >= 0.6 is 23.2 Å². The second-order valence-electron chi connectivity index (χ2n) is 8.66. The van der Waals surface area contributed by atoms with E-state index in [1.54, 1.807) is 0 Å². The fourth-order valence-corrected chi connectivity index (χ4v) is 5.34. The van der Waals surface area contributed by atoms with Crippen LogP contribution in [0.1, 0.15) is 57.1 Å². The molecule has 6 nitrogen and oxygen atoms in total. The number of benzene rings is 1. The van der Waals surface area contributed by atoms with Crippen LogP contribution in [0.4, 0.5) is 9.18 Å². The number of halogens is 3. The lowest BCUT2D eigenvalue weighted by molar-refractivity contribution is -0.137. The van der Waals surface area contributed by atoms with Gasteiger partial charge in [0.25, 0.3) is 5.91 Å². The molecule has 3 fully saturated rings. The largest absolute Gasteiger partial charge is 0.348 e. The van der Waals surface area contributed by atoms with E-state index in [0.29, 0.717) is 0 Å². The number of carbonyl (C=O) groups is 3. The Bertz CT molecular complexity index is 895. The van der Waals surface area contributed by atoms with Crippen molar-refractivity contribution in [1.82, 2.24) is 16.0 Å². The maximum Gasteiger partial charge on any atom is 0.322 e. The number of hydrogen-bond acceptors (Lipinski definition) is 3. The molecule has 1 atom stereocenters. The molecule has 0 aromatic heterocycles. The molecule has 1 aromatic rings. The Morgan fingerprint density at radius 2 is 1.90 bits per heavy atom. The third kappa shape index (κ3) is 3.38. The number of urea groups is 1. The minimum Gasteiger partial charge on any atom is -0.348 e. The van der Waals surface area contributed by atoms with E-state index in [4.69, 9.17) is 23.2 Å². The van der Waals surface area contributed by atoms with Crippen molar-refractivity contribution >= 4 is 41.0 Å². The van der Waals surface area contributed by atoms with Gasteiger partial charge in [0.05, 0.1) is 16.1 Å². The monoisotopic (exact) mass is 441 g/mol. The number of nitrogens with one attached hydrogen (secondary N) is 3. The standard InChI is InChI=1S/C20H22Cl2FN3O3/c1-19(6-2-3-7-19)15(13-12(23)5-4-11(21)14(13)22)24-16(27)10-8-20(9-10)17(28)25-18(29)26-20/h4-5,10,15H,2-3,6-9H2,1H3,(H,24,27)(H2,25,26,28,29)/t10?,15-,20?/m1/s1. The Morgan fingerprint density at radius 3 is 2.48 bits per heavy atom. The first-order valence-corrected chi connectivity index (χ1v) is 10.5. The molecule has 29 heavy (non-hydrogen) atoms. The van der Waals surface area contributed by atoms with Crippen molar-refractivity contribution in [3.05, 3.63) is 33.6 Å². The minimum atomic E-state index is -1.01. The zero-order chi connectivity index (χ0) is 21.0. The summed E-state index contributed by atoms with van der Waals surface area (Å²) in [4.78, 5) is 36.4. The normalized spacial score (nSPS) is 28.6. The lowest BCUT2D eigenvalue weighted by atomic mass is 9.67. The van der Waals surface area contributed by atoms with Crippen LogP contribution in [0.25, 0.3) is 0 Å². The second-order valence-corrected chi connectivity index (χ2v) is 9.44. The van der Waals surface area contributed by atoms with E-state index in [9.17, 15) is 18.8 Å². The van der Waals surface area contributed by atoms with E-state index in [1.165, 1.54) is 12.1 Å². The summed E-state index contributed by atoms with van der Waals surface area (Å²) in [6, 6.07) is 1.48. The minimum absolute atomic E-state index is 0.109. The molecule has 2 aliphatic carbocycles. The average Bonchev–Trinajstić information content (AvgIpc) is 3.19. The van der Waals surface area contributed by atoms with Crippen LogP contribution in [0, 0.1) is 17.2 Å². The summed E-state index contributed by atoms with van der Waals surface area (Å²) >= 11 is 12.5. The Labute approximate surface area is 177 Å². The number of carbonyl (C=O) groups excluding carboxylic acids is 3. The second kappa shape index (κ2) is 7.13. The van der Waals surface area contributed by atoms with Gasteiger partial charge in [-0.15, -0.1) is 0 Å². The summed E-state index contributed by atoms with van der Waals surface area (Å²) in [6.45, 7) is 2.02. The lowest BCUT2D eigenvalue weighted by Gasteiger charge is -2.43. The van der Waals surface area contributed by atoms with Crippen molar-refractivity contribution in [2.45, 2.75) is 57.0 Å². The molecule has 156 valence electrons. The van der Waals surface area contributed by atoms with E-state index in [-0.39, 0.29) is 39.8 Å². The van der Waals surface area contributed by atoms with Gasteiger partial charge in [-0.05, 0) is 43.2 Å². The molecule has 9 heteroatoms. The molecule has 1 aromatic carbocycles. The molecule has 3 N–H and O–H groups in total. The van der Waals surface area contributed by atoms with Gasteiger partial charge in [0, 0.05) is 11.5 Å². The summed E-state index contributed by atoms with van der Waals surface area (Å²) in [5, 5.41) is 8.14. The van der Waals surface area contributed by atoms with Gasteiger partial charge in [0.1, 0.15) is 11.4 Å². The van der Waals surface area contributed by atoms with Gasteiger partial charge >= 0.3 is 6.03 Å². The molecule has 4 amide bonds. The fourth-order valence-electron chi connectivity index (χ4n) is 4.92. The number of amides is 4. The van der Waals surface area contributed by atoms with Crippen LogP contribution < -0.4 is 16.0 Å². The highest BCUT2D eigenvalue weighted by Crippen LogP contribution is 2.50. The third-order valence-corrected chi connectivity index (χ3v) is 7.49. The van der Waals surface area contributed by atoms with Gasteiger partial charge < -0.3 is 10.6 Å². The highest BCUT2D eigenvalue weighted by molar-refractivity contribution is 6.42. The molecule has 0 unspecified atom stereocenters. The maximum absolute atomic E-state index is 14.8. The van der Waals surface area contributed by atoms with E-state index < -0.39 is 35.3 Å². The summed E-state index contributed by atoms with van der Waals surface area (Å²) in [6.07, 6.45) is 4.06. The van der Waals surface area contributed by atoms with Crippen LogP contribution in [-0.2, 0) is 9.59 Å². The van der Waals surface area contributed by atoms with Gasteiger partial charge in [-0.3, -0.25) is 14.9 Å². The van der Waals surface area contributed by atoms with Gasteiger partial charge in [0.15, 0.2) is 0 Å². The van der Waals surface area contributed by atoms with Crippen molar-refractivity contribution in [3.63, 3.8) is 0 Å². The van der Waals surface area contributed by atoms with Crippen molar-refractivity contribution in [3.8, 4) is 0 Å². The zero-order valence-electron chi connectivity index (χ0n) is 15.9. The van der Waals surface area contributed by atoms with Crippen LogP contribution in [0.15, 0.2) is 12.1 Å². The van der Waals surface area contributed by atoms with Crippen LogP contribution in [-0.4, -0.2) is 23.4 Å². The van der Waals surface area contributed by atoms with Crippen molar-refractivity contribution in [2.24, 2.45) is 11.3 Å². The Kier molecular flexibility index (Phi) is 5.02. The van der Waals surface area contributed by atoms with E-state index in [1.807, 2.05) is 6.92 Å². The highest BCUT2D eigenvalue weighted by Gasteiger charge is 2.57. The quantitative estimate of drug-likeness (QED) is 0.489. The lowest BCUT2D eigenvalue weighted by Crippen LogP contribution is -2.60. The predicted molar refractivity (Wildman–Crippen MR) is 106 cm³/mol. The topological polar surface area (TPSA) is 87.3 Å². The first kappa shape index (κ1) is 20.4. The van der Waals surface area contributed by atoms with Gasteiger partial charge in [-0.25, -0.2) is 9.18 Å². The van der Waals surface area contributed by atoms with Crippen LogP contribution in [0.2, 0.25) is 10.0 Å². The molecule has 2 saturated carbocycles. The molecular weight excluding hydrogens is 420 g/mol. The van der Waals surface area contributed by atoms with E-state index in [0.717, 1.165) is 25.7 Å². The summed E-state index contributed by atoms with van der Waals surface area (Å²) in [5.74, 6) is -1.65. The van der Waals surface area contributed by atoms with Crippen molar-refractivity contribution < 1.29 is 18.8 Å². The third-order valence-electron chi connectivity index (χ3n) is 6.67. The SMILES string of the molecule is CC1([C@H](NC(=O)C2CC3(C2)NC(=O)NC3=O)c2c(F)ccc(Cl)c2Cl)CCCC1. The first-order valence-electron chi connectivity index (χ1n) is 9.73. The molecule has 4 rings (SSSR count). The molecule has 1 heterocycles. The first-order chi connectivity index (χ1) is 13.7. The number of rotatable bonds is 4. The van der Waals surface area contributed by atoms with E-state index >= 15 is 0 Å². The highest BCUT2D eigenvalue weighted by atomic mass is 35.5. The number of hydrogen-bond donors (Lipinski definition) is 3. The molecule has 3 aliphatic rings. The van der Waals surface area contributed by atoms with Gasteiger partial charge in [-0.2, -0.15) is 0 Å². The predicted octanol–water partition coefficient (Wildman–Crippen LogP) is 3.86.